The minimum absolute atomic E-state index is 0.154. The number of benzene rings is 1. The number of rotatable bonds is 9. The van der Waals surface area contributed by atoms with Gasteiger partial charge in [0, 0.05) is 11.6 Å². The molecular formula is C29H38ClFO3. The molecule has 1 aliphatic rings. The van der Waals surface area contributed by atoms with E-state index in [0.717, 1.165) is 17.5 Å². The standard InChI is InChI=1S/C29H38ClFO3/c1-9-20(24(31)13-12-19(6)16-25(32)33-10-2)23-17-22-21(18(4)5)14-15-29(7,8)26(22)27(30)28(23)34-11-3/h12-14,16-18H,9-11,15H2,1-8H3/b13-12+,19-16+,24-20+. The molecule has 1 aromatic carbocycles. The molecule has 0 saturated heterocycles. The van der Waals surface area contributed by atoms with E-state index in [1.54, 1.807) is 19.9 Å². The topological polar surface area (TPSA) is 35.5 Å². The quantitative estimate of drug-likeness (QED) is 0.198. The molecule has 186 valence electrons. The average molecular weight is 489 g/mol. The Kier molecular flexibility index (Phi) is 9.75. The molecule has 0 aromatic heterocycles. The fraction of sp³-hybridized carbons (Fsp3) is 0.483. The lowest BCUT2D eigenvalue weighted by Crippen LogP contribution is -2.24. The number of allylic oxidation sites excluding steroid dienone is 7. The van der Waals surface area contributed by atoms with Crippen LogP contribution in [0.15, 0.2) is 41.8 Å². The molecule has 5 heteroatoms. The molecule has 2 rings (SSSR count). The van der Waals surface area contributed by atoms with Gasteiger partial charge in [-0.1, -0.05) is 58.4 Å². The third-order valence-electron chi connectivity index (χ3n) is 6.04. The van der Waals surface area contributed by atoms with Gasteiger partial charge >= 0.3 is 5.97 Å². The normalized spacial score (nSPS) is 16.3. The van der Waals surface area contributed by atoms with Crippen LogP contribution in [0.2, 0.25) is 5.02 Å². The minimum Gasteiger partial charge on any atom is -0.492 e. The Morgan fingerprint density at radius 3 is 2.44 bits per heavy atom. The number of esters is 1. The van der Waals surface area contributed by atoms with Crippen LogP contribution >= 0.6 is 11.6 Å². The molecule has 34 heavy (non-hydrogen) atoms. The van der Waals surface area contributed by atoms with Crippen molar-refractivity contribution in [1.82, 2.24) is 0 Å². The number of ether oxygens (including phenoxy) is 2. The Bertz CT molecular complexity index is 1040. The molecule has 0 bridgehead atoms. The molecule has 0 radical (unpaired) electrons. The van der Waals surface area contributed by atoms with Crippen molar-refractivity contribution < 1.29 is 18.7 Å². The number of halogens is 2. The molecule has 0 heterocycles. The van der Waals surface area contributed by atoms with Gasteiger partial charge in [0.2, 0.25) is 0 Å². The summed E-state index contributed by atoms with van der Waals surface area (Å²) in [7, 11) is 0. The summed E-state index contributed by atoms with van der Waals surface area (Å²) in [6, 6.07) is 2.05. The summed E-state index contributed by atoms with van der Waals surface area (Å²) in [4.78, 5) is 11.7. The van der Waals surface area contributed by atoms with Crippen molar-refractivity contribution in [3.05, 3.63) is 63.5 Å². The largest absolute Gasteiger partial charge is 0.492 e. The van der Waals surface area contributed by atoms with Crippen molar-refractivity contribution in [3.63, 3.8) is 0 Å². The van der Waals surface area contributed by atoms with Gasteiger partial charge in [0.15, 0.2) is 0 Å². The second-order valence-electron chi connectivity index (χ2n) is 9.48. The SMILES string of the molecule is CCOC(=O)/C=C(C)/C=C/C(F)=C(/CC)c1cc2c(c(Cl)c1OCC)C(C)(C)CC=C2C(C)C. The van der Waals surface area contributed by atoms with E-state index in [2.05, 4.69) is 33.8 Å². The van der Waals surface area contributed by atoms with Gasteiger partial charge in [0.25, 0.3) is 0 Å². The lowest BCUT2D eigenvalue weighted by molar-refractivity contribution is -0.137. The van der Waals surface area contributed by atoms with Gasteiger partial charge in [-0.2, -0.15) is 0 Å². The first-order valence-electron chi connectivity index (χ1n) is 12.1. The summed E-state index contributed by atoms with van der Waals surface area (Å²) < 4.78 is 26.5. The van der Waals surface area contributed by atoms with Crippen LogP contribution in [0.5, 0.6) is 5.75 Å². The second kappa shape index (κ2) is 11.9. The zero-order chi connectivity index (χ0) is 25.6. The Hall–Kier alpha value is -2.33. The van der Waals surface area contributed by atoms with Gasteiger partial charge in [-0.15, -0.1) is 0 Å². The molecule has 0 spiro atoms. The number of fused-ring (bicyclic) bond motifs is 1. The Balaban J connectivity index is 2.71. The summed E-state index contributed by atoms with van der Waals surface area (Å²) in [5.41, 5.74) is 4.98. The highest BCUT2D eigenvalue weighted by molar-refractivity contribution is 6.33. The summed E-state index contributed by atoms with van der Waals surface area (Å²) in [5, 5.41) is 0.562. The van der Waals surface area contributed by atoms with Crippen molar-refractivity contribution in [1.29, 1.82) is 0 Å². The number of carbonyl (C=O) groups excluding carboxylic acids is 1. The minimum atomic E-state index is -0.444. The molecule has 0 amide bonds. The third-order valence-corrected chi connectivity index (χ3v) is 6.40. The summed E-state index contributed by atoms with van der Waals surface area (Å²) in [5.74, 6) is 0.00746. The van der Waals surface area contributed by atoms with Crippen LogP contribution in [-0.2, 0) is 14.9 Å². The molecule has 1 aliphatic carbocycles. The van der Waals surface area contributed by atoms with Crippen molar-refractivity contribution >= 4 is 28.7 Å². The zero-order valence-electron chi connectivity index (χ0n) is 21.8. The van der Waals surface area contributed by atoms with Gasteiger partial charge in [-0.25, -0.2) is 9.18 Å². The fourth-order valence-corrected chi connectivity index (χ4v) is 4.88. The van der Waals surface area contributed by atoms with Crippen LogP contribution in [0.4, 0.5) is 4.39 Å². The highest BCUT2D eigenvalue weighted by atomic mass is 35.5. The maximum atomic E-state index is 15.5. The van der Waals surface area contributed by atoms with E-state index in [4.69, 9.17) is 21.1 Å². The molecule has 3 nitrogen and oxygen atoms in total. The molecule has 0 unspecified atom stereocenters. The van der Waals surface area contributed by atoms with E-state index >= 15 is 4.39 Å². The first kappa shape index (κ1) is 27.9. The monoisotopic (exact) mass is 488 g/mol. The van der Waals surface area contributed by atoms with Crippen LogP contribution in [0.1, 0.15) is 84.9 Å². The summed E-state index contributed by atoms with van der Waals surface area (Å²) in [6.45, 7) is 16.7. The predicted octanol–water partition coefficient (Wildman–Crippen LogP) is 8.62. The lowest BCUT2D eigenvalue weighted by atomic mass is 9.70. The Labute approximate surface area is 209 Å². The molecular weight excluding hydrogens is 451 g/mol. The van der Waals surface area contributed by atoms with E-state index in [0.29, 0.717) is 53.0 Å². The lowest BCUT2D eigenvalue weighted by Gasteiger charge is -2.35. The van der Waals surface area contributed by atoms with Gasteiger partial charge in [-0.3, -0.25) is 0 Å². The molecule has 0 atom stereocenters. The van der Waals surface area contributed by atoms with Crippen LogP contribution in [0, 0.1) is 5.92 Å². The fourth-order valence-electron chi connectivity index (χ4n) is 4.37. The van der Waals surface area contributed by atoms with E-state index < -0.39 is 5.97 Å². The highest BCUT2D eigenvalue weighted by Gasteiger charge is 2.34. The smallest absolute Gasteiger partial charge is 0.330 e. The molecule has 0 saturated carbocycles. The third kappa shape index (κ3) is 6.21. The van der Waals surface area contributed by atoms with Crippen molar-refractivity contribution in [2.24, 2.45) is 5.92 Å². The maximum absolute atomic E-state index is 15.5. The van der Waals surface area contributed by atoms with E-state index in [1.165, 1.54) is 17.7 Å². The van der Waals surface area contributed by atoms with Crippen molar-refractivity contribution in [2.75, 3.05) is 13.2 Å². The Morgan fingerprint density at radius 1 is 1.21 bits per heavy atom. The first-order chi connectivity index (χ1) is 16.0. The van der Waals surface area contributed by atoms with Crippen LogP contribution in [0.3, 0.4) is 0 Å². The predicted molar refractivity (Wildman–Crippen MR) is 141 cm³/mol. The Morgan fingerprint density at radius 2 is 1.88 bits per heavy atom. The van der Waals surface area contributed by atoms with Gasteiger partial charge in [0.1, 0.15) is 11.6 Å². The maximum Gasteiger partial charge on any atom is 0.330 e. The van der Waals surface area contributed by atoms with Gasteiger partial charge < -0.3 is 9.47 Å². The van der Waals surface area contributed by atoms with Crippen LogP contribution < -0.4 is 4.74 Å². The second-order valence-corrected chi connectivity index (χ2v) is 9.86. The van der Waals surface area contributed by atoms with E-state index in [9.17, 15) is 4.79 Å². The highest BCUT2D eigenvalue weighted by Crippen LogP contribution is 2.50. The van der Waals surface area contributed by atoms with Crippen molar-refractivity contribution in [2.45, 2.75) is 73.6 Å². The number of hydrogen-bond acceptors (Lipinski definition) is 3. The van der Waals surface area contributed by atoms with Gasteiger partial charge in [-0.05, 0) is 84.9 Å². The first-order valence-corrected chi connectivity index (χ1v) is 12.5. The van der Waals surface area contributed by atoms with Crippen molar-refractivity contribution in [3.8, 4) is 5.75 Å². The van der Waals surface area contributed by atoms with Gasteiger partial charge in [0.05, 0.1) is 18.2 Å². The molecule has 0 N–H and O–H groups in total. The number of hydrogen-bond donors (Lipinski definition) is 0. The van der Waals surface area contributed by atoms with Crippen LogP contribution in [0.25, 0.3) is 11.1 Å². The van der Waals surface area contributed by atoms with E-state index in [1.807, 2.05) is 19.9 Å². The van der Waals surface area contributed by atoms with E-state index in [-0.39, 0.29) is 11.2 Å². The van der Waals surface area contributed by atoms with Crippen LogP contribution in [-0.4, -0.2) is 19.2 Å². The average Bonchev–Trinajstić information content (AvgIpc) is 2.74. The summed E-state index contributed by atoms with van der Waals surface area (Å²) >= 11 is 7.01. The molecule has 0 aliphatic heterocycles. The summed E-state index contributed by atoms with van der Waals surface area (Å²) in [6.07, 6.45) is 7.93. The number of carbonyl (C=O) groups is 1. The molecule has 1 aromatic rings. The molecule has 0 fully saturated rings. The zero-order valence-corrected chi connectivity index (χ0v) is 22.5.